The van der Waals surface area contributed by atoms with Gasteiger partial charge in [-0.15, -0.1) is 0 Å². The summed E-state index contributed by atoms with van der Waals surface area (Å²) in [6, 6.07) is 13.6. The van der Waals surface area contributed by atoms with Crippen LogP contribution in [0.5, 0.6) is 0 Å². The van der Waals surface area contributed by atoms with Crippen LogP contribution in [0.1, 0.15) is 16.7 Å². The second kappa shape index (κ2) is 7.59. The summed E-state index contributed by atoms with van der Waals surface area (Å²) < 4.78 is 42.9. The summed E-state index contributed by atoms with van der Waals surface area (Å²) in [5.41, 5.74) is -1.25. The Morgan fingerprint density at radius 3 is 2.12 bits per heavy atom. The van der Waals surface area contributed by atoms with Crippen LogP contribution >= 0.6 is 0 Å². The van der Waals surface area contributed by atoms with Gasteiger partial charge in [0.25, 0.3) is 0 Å². The minimum absolute atomic E-state index is 0.122. The lowest BCUT2D eigenvalue weighted by Crippen LogP contribution is -2.38. The lowest BCUT2D eigenvalue weighted by Gasteiger charge is -2.22. The number of ether oxygens (including phenoxy) is 1. The SMILES string of the molecule is O=CC(O)(COCc1ccccc1)Cc1ccc(C(F)(F)F)cc1. The zero-order valence-electron chi connectivity index (χ0n) is 12.8. The van der Waals surface area contributed by atoms with Gasteiger partial charge in [-0.3, -0.25) is 0 Å². The number of rotatable bonds is 7. The van der Waals surface area contributed by atoms with E-state index in [9.17, 15) is 23.1 Å². The van der Waals surface area contributed by atoms with Crippen LogP contribution in [0.25, 0.3) is 0 Å². The summed E-state index contributed by atoms with van der Waals surface area (Å²) >= 11 is 0. The Morgan fingerprint density at radius 2 is 1.58 bits per heavy atom. The standard InChI is InChI=1S/C18H17F3O3/c19-18(20,21)16-8-6-14(7-9-16)10-17(23,12-22)13-24-11-15-4-2-1-3-5-15/h1-9,12,23H,10-11,13H2. The zero-order chi connectivity index (χ0) is 17.6. The number of aliphatic hydroxyl groups is 1. The third-order valence-electron chi connectivity index (χ3n) is 3.47. The summed E-state index contributed by atoms with van der Waals surface area (Å²) in [5.74, 6) is 0. The Hall–Kier alpha value is -2.18. The predicted molar refractivity (Wildman–Crippen MR) is 82.3 cm³/mol. The van der Waals surface area contributed by atoms with Crippen molar-refractivity contribution in [3.8, 4) is 0 Å². The Kier molecular flexibility index (Phi) is 5.75. The molecule has 24 heavy (non-hydrogen) atoms. The first kappa shape index (κ1) is 18.2. The van der Waals surface area contributed by atoms with Gasteiger partial charge < -0.3 is 14.6 Å². The normalized spacial score (nSPS) is 14.2. The van der Waals surface area contributed by atoms with Crippen LogP contribution in [0.4, 0.5) is 13.2 Å². The second-order valence-electron chi connectivity index (χ2n) is 5.57. The number of carbonyl (C=O) groups excluding carboxylic acids is 1. The molecule has 0 bridgehead atoms. The maximum absolute atomic E-state index is 12.5. The molecule has 0 aliphatic heterocycles. The fourth-order valence-electron chi connectivity index (χ4n) is 2.21. The minimum atomic E-state index is -4.42. The predicted octanol–water partition coefficient (Wildman–Crippen LogP) is 3.39. The van der Waals surface area contributed by atoms with Gasteiger partial charge in [0.15, 0.2) is 6.29 Å². The van der Waals surface area contributed by atoms with E-state index >= 15 is 0 Å². The summed E-state index contributed by atoms with van der Waals surface area (Å²) in [6.45, 7) is -0.0174. The second-order valence-corrected chi connectivity index (χ2v) is 5.57. The van der Waals surface area contributed by atoms with Gasteiger partial charge in [-0.2, -0.15) is 13.2 Å². The van der Waals surface area contributed by atoms with E-state index in [1.54, 1.807) is 0 Å². The monoisotopic (exact) mass is 338 g/mol. The van der Waals surface area contributed by atoms with Crippen LogP contribution in [0.3, 0.4) is 0 Å². The highest BCUT2D eigenvalue weighted by Gasteiger charge is 2.31. The van der Waals surface area contributed by atoms with E-state index in [0.29, 0.717) is 11.8 Å². The van der Waals surface area contributed by atoms with E-state index in [1.807, 2.05) is 30.3 Å². The molecule has 0 spiro atoms. The molecule has 0 saturated carbocycles. The molecule has 0 heterocycles. The van der Waals surface area contributed by atoms with Crippen molar-refractivity contribution in [2.75, 3.05) is 6.61 Å². The molecule has 2 aromatic rings. The van der Waals surface area contributed by atoms with Gasteiger partial charge >= 0.3 is 6.18 Å². The van der Waals surface area contributed by atoms with Crippen LogP contribution in [0.2, 0.25) is 0 Å². The van der Waals surface area contributed by atoms with Gasteiger partial charge in [0.05, 0.1) is 18.8 Å². The van der Waals surface area contributed by atoms with Gasteiger partial charge in [-0.05, 0) is 23.3 Å². The van der Waals surface area contributed by atoms with Gasteiger partial charge in [-0.25, -0.2) is 0 Å². The molecule has 0 aromatic heterocycles. The number of hydrogen-bond donors (Lipinski definition) is 1. The molecule has 0 amide bonds. The largest absolute Gasteiger partial charge is 0.416 e. The fraction of sp³-hybridized carbons (Fsp3) is 0.278. The van der Waals surface area contributed by atoms with Crippen LogP contribution in [-0.4, -0.2) is 23.6 Å². The van der Waals surface area contributed by atoms with E-state index < -0.39 is 17.3 Å². The molecule has 0 aliphatic rings. The molecule has 3 nitrogen and oxygen atoms in total. The van der Waals surface area contributed by atoms with Gasteiger partial charge in [-0.1, -0.05) is 42.5 Å². The smallest absolute Gasteiger partial charge is 0.380 e. The molecule has 0 saturated heterocycles. The van der Waals surface area contributed by atoms with Crippen LogP contribution < -0.4 is 0 Å². The average molecular weight is 338 g/mol. The number of aldehydes is 1. The molecule has 1 N–H and O–H groups in total. The molecule has 2 rings (SSSR count). The first-order valence-electron chi connectivity index (χ1n) is 7.29. The maximum atomic E-state index is 12.5. The van der Waals surface area contributed by atoms with Crippen molar-refractivity contribution in [2.45, 2.75) is 24.8 Å². The highest BCUT2D eigenvalue weighted by molar-refractivity contribution is 5.63. The van der Waals surface area contributed by atoms with Crippen molar-refractivity contribution in [3.05, 3.63) is 71.3 Å². The van der Waals surface area contributed by atoms with Crippen LogP contribution in [0.15, 0.2) is 54.6 Å². The van der Waals surface area contributed by atoms with Crippen molar-refractivity contribution in [1.82, 2.24) is 0 Å². The number of benzene rings is 2. The third-order valence-corrected chi connectivity index (χ3v) is 3.47. The topological polar surface area (TPSA) is 46.5 Å². The Bertz CT molecular complexity index is 653. The first-order valence-corrected chi connectivity index (χ1v) is 7.29. The van der Waals surface area contributed by atoms with Crippen molar-refractivity contribution >= 4 is 6.29 Å². The molecule has 6 heteroatoms. The van der Waals surface area contributed by atoms with Crippen molar-refractivity contribution < 1.29 is 27.8 Å². The molecular weight excluding hydrogens is 321 g/mol. The fourth-order valence-corrected chi connectivity index (χ4v) is 2.21. The number of hydrogen-bond acceptors (Lipinski definition) is 3. The summed E-state index contributed by atoms with van der Waals surface area (Å²) in [5, 5.41) is 10.3. The Balaban J connectivity index is 1.95. The van der Waals surface area contributed by atoms with E-state index in [1.165, 1.54) is 12.1 Å². The number of alkyl halides is 3. The Morgan fingerprint density at radius 1 is 0.958 bits per heavy atom. The van der Waals surface area contributed by atoms with Crippen molar-refractivity contribution in [2.24, 2.45) is 0 Å². The molecular formula is C18H17F3O3. The lowest BCUT2D eigenvalue weighted by molar-refractivity contribution is -0.137. The van der Waals surface area contributed by atoms with Gasteiger partial charge in [0.1, 0.15) is 5.60 Å². The molecule has 1 unspecified atom stereocenters. The summed E-state index contributed by atoms with van der Waals surface area (Å²) in [4.78, 5) is 11.2. The average Bonchev–Trinajstić information content (AvgIpc) is 2.55. The third kappa shape index (κ3) is 5.18. The highest BCUT2D eigenvalue weighted by Crippen LogP contribution is 2.29. The van der Waals surface area contributed by atoms with E-state index in [0.717, 1.165) is 17.7 Å². The summed E-state index contributed by atoms with van der Waals surface area (Å²) in [6.07, 6.45) is -4.18. The zero-order valence-corrected chi connectivity index (χ0v) is 12.8. The van der Waals surface area contributed by atoms with Gasteiger partial charge in [0.2, 0.25) is 0 Å². The summed E-state index contributed by atoms with van der Waals surface area (Å²) in [7, 11) is 0. The molecule has 128 valence electrons. The minimum Gasteiger partial charge on any atom is -0.380 e. The molecule has 0 fully saturated rings. The van der Waals surface area contributed by atoms with Crippen LogP contribution in [0, 0.1) is 0 Å². The molecule has 0 radical (unpaired) electrons. The lowest BCUT2D eigenvalue weighted by atomic mass is 9.96. The molecule has 1 atom stereocenters. The van der Waals surface area contributed by atoms with Crippen molar-refractivity contribution in [3.63, 3.8) is 0 Å². The van der Waals surface area contributed by atoms with E-state index in [2.05, 4.69) is 0 Å². The van der Waals surface area contributed by atoms with E-state index in [-0.39, 0.29) is 19.6 Å². The molecule has 0 aliphatic carbocycles. The number of carbonyl (C=O) groups is 1. The Labute approximate surface area is 137 Å². The first-order chi connectivity index (χ1) is 11.3. The highest BCUT2D eigenvalue weighted by atomic mass is 19.4. The number of halogens is 3. The molecule has 2 aromatic carbocycles. The van der Waals surface area contributed by atoms with Crippen molar-refractivity contribution in [1.29, 1.82) is 0 Å². The quantitative estimate of drug-likeness (QED) is 0.787. The van der Waals surface area contributed by atoms with Gasteiger partial charge in [0, 0.05) is 6.42 Å². The van der Waals surface area contributed by atoms with E-state index in [4.69, 9.17) is 4.74 Å². The maximum Gasteiger partial charge on any atom is 0.416 e. The van der Waals surface area contributed by atoms with Crippen LogP contribution in [-0.2, 0) is 28.7 Å².